The number of hydrogen-bond acceptors (Lipinski definition) is 0. The predicted octanol–water partition coefficient (Wildman–Crippen LogP) is 7.44. The fraction of sp³-hybridized carbons (Fsp3) is 0.600. The molecule has 1 aromatic rings. The van der Waals surface area contributed by atoms with E-state index in [-0.39, 0.29) is 21.1 Å². The molecule has 128 valence electrons. The SMILES string of the molecule is [CH2-]CCCC.[CH2-]CCCC.[CH2-]CCCC.[Pt+4].c1cc[cH-]c1. The van der Waals surface area contributed by atoms with Gasteiger partial charge in [-0.05, 0) is 0 Å². The van der Waals surface area contributed by atoms with E-state index in [0.717, 1.165) is 19.3 Å². The van der Waals surface area contributed by atoms with Crippen molar-refractivity contribution in [2.24, 2.45) is 0 Å². The van der Waals surface area contributed by atoms with Crippen LogP contribution in [0.5, 0.6) is 0 Å². The standard InChI is InChI=1S/C5H5.3C5H11.Pt/c1-2-4-5-3-1;3*1-3-5-4-2;/h1-5H;3*1,3-5H2,2H3;/q4*-1;+4. The molecule has 0 saturated heterocycles. The number of unbranched alkanes of at least 4 members (excludes halogenated alkanes) is 6. The van der Waals surface area contributed by atoms with Crippen molar-refractivity contribution in [1.29, 1.82) is 0 Å². The Bertz CT molecular complexity index is 142. The molecular formula is C20H38Pt. The molecule has 0 unspecified atom stereocenters. The van der Waals surface area contributed by atoms with E-state index in [9.17, 15) is 0 Å². The van der Waals surface area contributed by atoms with Crippen molar-refractivity contribution in [2.75, 3.05) is 0 Å². The monoisotopic (exact) mass is 473 g/mol. The van der Waals surface area contributed by atoms with E-state index in [1.165, 1.54) is 38.5 Å². The first-order valence-corrected chi connectivity index (χ1v) is 8.29. The van der Waals surface area contributed by atoms with Gasteiger partial charge in [0.25, 0.3) is 0 Å². The molecule has 0 aliphatic heterocycles. The van der Waals surface area contributed by atoms with Gasteiger partial charge in [-0.25, -0.2) is 12.1 Å². The molecule has 0 saturated carbocycles. The quantitative estimate of drug-likeness (QED) is 0.377. The maximum absolute atomic E-state index is 3.68. The summed E-state index contributed by atoms with van der Waals surface area (Å²) in [5.41, 5.74) is 0. The van der Waals surface area contributed by atoms with Crippen LogP contribution in [0.4, 0.5) is 0 Å². The second-order valence-electron chi connectivity index (χ2n) is 4.58. The van der Waals surface area contributed by atoms with E-state index in [0.29, 0.717) is 0 Å². The van der Waals surface area contributed by atoms with Gasteiger partial charge in [0.05, 0.1) is 0 Å². The normalized spacial score (nSPS) is 7.90. The van der Waals surface area contributed by atoms with Crippen LogP contribution in [0.1, 0.15) is 78.6 Å². The van der Waals surface area contributed by atoms with E-state index >= 15 is 0 Å². The average Bonchev–Trinajstić information content (AvgIpc) is 3.02. The third-order valence-corrected chi connectivity index (χ3v) is 2.37. The Balaban J connectivity index is -0.0000000903. The van der Waals surface area contributed by atoms with Crippen molar-refractivity contribution < 1.29 is 21.1 Å². The van der Waals surface area contributed by atoms with Crippen LogP contribution in [0.2, 0.25) is 0 Å². The molecule has 0 atom stereocenters. The average molecular weight is 474 g/mol. The molecule has 0 nitrogen and oxygen atoms in total. The summed E-state index contributed by atoms with van der Waals surface area (Å²) in [6.45, 7) is 17.5. The Labute approximate surface area is 150 Å². The summed E-state index contributed by atoms with van der Waals surface area (Å²) >= 11 is 0. The number of rotatable bonds is 6. The Morgan fingerprint density at radius 1 is 0.667 bits per heavy atom. The predicted molar refractivity (Wildman–Crippen MR) is 96.7 cm³/mol. The summed E-state index contributed by atoms with van der Waals surface area (Å²) in [4.78, 5) is 0. The molecule has 1 heteroatoms. The van der Waals surface area contributed by atoms with Crippen LogP contribution < -0.4 is 0 Å². The van der Waals surface area contributed by atoms with Crippen LogP contribution in [0.25, 0.3) is 0 Å². The second kappa shape index (κ2) is 36.9. The van der Waals surface area contributed by atoms with Crippen molar-refractivity contribution in [3.05, 3.63) is 51.1 Å². The van der Waals surface area contributed by atoms with Gasteiger partial charge in [-0.15, -0.1) is 0 Å². The van der Waals surface area contributed by atoms with Gasteiger partial charge >= 0.3 is 21.1 Å². The summed E-state index contributed by atoms with van der Waals surface area (Å²) in [6, 6.07) is 10.0. The van der Waals surface area contributed by atoms with Gasteiger partial charge in [0.2, 0.25) is 0 Å². The van der Waals surface area contributed by atoms with Crippen LogP contribution in [0.3, 0.4) is 0 Å². The van der Waals surface area contributed by atoms with E-state index in [2.05, 4.69) is 41.5 Å². The molecule has 0 spiro atoms. The van der Waals surface area contributed by atoms with Crippen LogP contribution in [0, 0.1) is 20.8 Å². The van der Waals surface area contributed by atoms with Gasteiger partial charge in [0, 0.05) is 0 Å². The van der Waals surface area contributed by atoms with E-state index in [4.69, 9.17) is 0 Å². The van der Waals surface area contributed by atoms with Crippen molar-refractivity contribution in [3.8, 4) is 0 Å². The zero-order chi connectivity index (χ0) is 15.9. The molecular weight excluding hydrogens is 435 g/mol. The van der Waals surface area contributed by atoms with Crippen LogP contribution in [-0.2, 0) is 21.1 Å². The first-order valence-electron chi connectivity index (χ1n) is 8.29. The van der Waals surface area contributed by atoms with Gasteiger partial charge in [0.15, 0.2) is 0 Å². The first kappa shape index (κ1) is 29.1. The Morgan fingerprint density at radius 2 is 0.952 bits per heavy atom. The van der Waals surface area contributed by atoms with Crippen molar-refractivity contribution >= 4 is 0 Å². The molecule has 0 heterocycles. The third kappa shape index (κ3) is 53.5. The molecule has 0 aliphatic rings. The number of hydrogen-bond donors (Lipinski definition) is 0. The Hall–Kier alpha value is 0.0383. The molecule has 0 aromatic heterocycles. The van der Waals surface area contributed by atoms with Crippen LogP contribution in [-0.4, -0.2) is 0 Å². The fourth-order valence-electron chi connectivity index (χ4n) is 1.07. The zero-order valence-electron chi connectivity index (χ0n) is 14.7. The third-order valence-electron chi connectivity index (χ3n) is 2.37. The van der Waals surface area contributed by atoms with Crippen molar-refractivity contribution in [1.82, 2.24) is 0 Å². The largest absolute Gasteiger partial charge is 4.00 e. The molecule has 1 aromatic carbocycles. The maximum atomic E-state index is 3.68. The minimum atomic E-state index is 0. The summed E-state index contributed by atoms with van der Waals surface area (Å²) in [7, 11) is 0. The molecule has 0 bridgehead atoms. The molecule has 0 radical (unpaired) electrons. The Kier molecular flexibility index (Phi) is 51.1. The molecule has 0 amide bonds. The van der Waals surface area contributed by atoms with Gasteiger partial charge in [-0.1, -0.05) is 59.3 Å². The molecule has 1 rings (SSSR count). The maximum Gasteiger partial charge on any atom is 4.00 e. The topological polar surface area (TPSA) is 0 Å². The Morgan fingerprint density at radius 3 is 1.00 bits per heavy atom. The first-order chi connectivity index (χ1) is 9.74. The van der Waals surface area contributed by atoms with Crippen LogP contribution >= 0.6 is 0 Å². The molecule has 0 N–H and O–H groups in total. The van der Waals surface area contributed by atoms with E-state index in [1.807, 2.05) is 30.3 Å². The second-order valence-corrected chi connectivity index (χ2v) is 4.58. The van der Waals surface area contributed by atoms with Gasteiger partial charge in [-0.3, -0.25) is 0 Å². The van der Waals surface area contributed by atoms with Crippen molar-refractivity contribution in [2.45, 2.75) is 78.6 Å². The van der Waals surface area contributed by atoms with Gasteiger partial charge < -0.3 is 20.8 Å². The minimum absolute atomic E-state index is 0. The summed E-state index contributed by atoms with van der Waals surface area (Å²) in [6.07, 6.45) is 11.0. The molecule has 0 fully saturated rings. The summed E-state index contributed by atoms with van der Waals surface area (Å²) in [5.74, 6) is 0. The molecule has 21 heavy (non-hydrogen) atoms. The van der Waals surface area contributed by atoms with E-state index in [1.54, 1.807) is 0 Å². The van der Waals surface area contributed by atoms with Gasteiger partial charge in [0.1, 0.15) is 0 Å². The minimum Gasteiger partial charge on any atom is -0.343 e. The summed E-state index contributed by atoms with van der Waals surface area (Å²) in [5, 5.41) is 0. The van der Waals surface area contributed by atoms with Crippen molar-refractivity contribution in [3.63, 3.8) is 0 Å². The van der Waals surface area contributed by atoms with Gasteiger partial charge in [-0.2, -0.15) is 37.5 Å². The summed E-state index contributed by atoms with van der Waals surface area (Å²) < 4.78 is 0. The smallest absolute Gasteiger partial charge is 0.343 e. The zero-order valence-corrected chi connectivity index (χ0v) is 17.0. The fourth-order valence-corrected chi connectivity index (χ4v) is 1.07. The molecule has 0 aliphatic carbocycles. The van der Waals surface area contributed by atoms with Crippen LogP contribution in [0.15, 0.2) is 30.3 Å². The van der Waals surface area contributed by atoms with E-state index < -0.39 is 0 Å².